The molecule has 122 valence electrons. The van der Waals surface area contributed by atoms with Gasteiger partial charge in [0.05, 0.1) is 5.60 Å². The van der Waals surface area contributed by atoms with Gasteiger partial charge in [-0.2, -0.15) is 0 Å². The van der Waals surface area contributed by atoms with E-state index in [1.54, 1.807) is 11.9 Å². The van der Waals surface area contributed by atoms with Crippen LogP contribution >= 0.6 is 0 Å². The van der Waals surface area contributed by atoms with Crippen LogP contribution in [-0.2, 0) is 11.2 Å². The summed E-state index contributed by atoms with van der Waals surface area (Å²) in [5.74, 6) is 0.0972. The van der Waals surface area contributed by atoms with Gasteiger partial charge in [0.1, 0.15) is 0 Å². The average molecular weight is 304 g/mol. The lowest BCUT2D eigenvalue weighted by atomic mass is 9.90. The Hall–Kier alpha value is -1.39. The summed E-state index contributed by atoms with van der Waals surface area (Å²) in [6.45, 7) is 5.14. The van der Waals surface area contributed by atoms with E-state index in [1.807, 2.05) is 13.0 Å². The first kappa shape index (κ1) is 17.0. The number of likely N-dealkylation sites (tertiary alicyclic amines) is 1. The third kappa shape index (κ3) is 4.82. The Morgan fingerprint density at radius 1 is 1.27 bits per heavy atom. The average Bonchev–Trinajstić information content (AvgIpc) is 2.54. The van der Waals surface area contributed by atoms with Crippen LogP contribution in [0, 0.1) is 0 Å². The van der Waals surface area contributed by atoms with Crippen molar-refractivity contribution in [1.82, 2.24) is 9.80 Å². The molecule has 0 aromatic heterocycles. The molecule has 1 aromatic carbocycles. The lowest BCUT2D eigenvalue weighted by Gasteiger charge is -2.40. The Balaban J connectivity index is 1.76. The summed E-state index contributed by atoms with van der Waals surface area (Å²) in [5.41, 5.74) is 0.639. The fourth-order valence-corrected chi connectivity index (χ4v) is 3.08. The highest BCUT2D eigenvalue weighted by atomic mass is 16.3. The van der Waals surface area contributed by atoms with Crippen molar-refractivity contribution in [2.45, 2.75) is 38.2 Å². The van der Waals surface area contributed by atoms with E-state index in [0.717, 1.165) is 38.9 Å². The molecule has 1 N–H and O–H groups in total. The van der Waals surface area contributed by atoms with E-state index in [1.165, 1.54) is 5.56 Å². The van der Waals surface area contributed by atoms with Gasteiger partial charge in [0.15, 0.2) is 0 Å². The number of hydrogen-bond donors (Lipinski definition) is 1. The maximum absolute atomic E-state index is 11.7. The fraction of sp³-hybridized carbons (Fsp3) is 0.611. The van der Waals surface area contributed by atoms with E-state index < -0.39 is 5.60 Å². The van der Waals surface area contributed by atoms with Gasteiger partial charge in [-0.15, -0.1) is 0 Å². The van der Waals surface area contributed by atoms with Crippen LogP contribution in [0.15, 0.2) is 30.3 Å². The van der Waals surface area contributed by atoms with Crippen LogP contribution in [-0.4, -0.2) is 59.6 Å². The van der Waals surface area contributed by atoms with E-state index in [-0.39, 0.29) is 5.91 Å². The van der Waals surface area contributed by atoms with Crippen LogP contribution in [0.4, 0.5) is 0 Å². The fourth-order valence-electron chi connectivity index (χ4n) is 3.08. The molecule has 0 spiro atoms. The van der Waals surface area contributed by atoms with Gasteiger partial charge in [0.25, 0.3) is 0 Å². The number of aliphatic hydroxyl groups is 1. The summed E-state index contributed by atoms with van der Waals surface area (Å²) in [6.07, 6.45) is 3.02. The van der Waals surface area contributed by atoms with Crippen molar-refractivity contribution in [2.24, 2.45) is 0 Å². The highest BCUT2D eigenvalue weighted by Crippen LogP contribution is 2.23. The molecule has 0 atom stereocenters. The molecule has 0 bridgehead atoms. The summed E-state index contributed by atoms with van der Waals surface area (Å²) in [7, 11) is 1.78. The van der Waals surface area contributed by atoms with Gasteiger partial charge in [0, 0.05) is 39.6 Å². The molecule has 1 amide bonds. The van der Waals surface area contributed by atoms with E-state index >= 15 is 0 Å². The smallest absolute Gasteiger partial charge is 0.222 e. The third-order valence-corrected chi connectivity index (χ3v) is 4.61. The number of benzene rings is 1. The molecule has 1 fully saturated rings. The normalized spacial score (nSPS) is 18.1. The first-order valence-corrected chi connectivity index (χ1v) is 8.25. The van der Waals surface area contributed by atoms with E-state index in [4.69, 9.17) is 0 Å². The standard InChI is InChI=1S/C18H28N2O2/c1-3-17(21)19(2)15-18(22)10-13-20(14-11-18)12-9-16-7-5-4-6-8-16/h4-8,22H,3,9-15H2,1-2H3. The molecule has 1 aliphatic rings. The van der Waals surface area contributed by atoms with E-state index in [9.17, 15) is 9.90 Å². The quantitative estimate of drug-likeness (QED) is 0.873. The second kappa shape index (κ2) is 7.75. The molecule has 0 saturated carbocycles. The van der Waals surface area contributed by atoms with Gasteiger partial charge >= 0.3 is 0 Å². The number of hydrogen-bond acceptors (Lipinski definition) is 3. The Morgan fingerprint density at radius 3 is 2.50 bits per heavy atom. The molecule has 1 saturated heterocycles. The van der Waals surface area contributed by atoms with Gasteiger partial charge in [0.2, 0.25) is 5.91 Å². The molecule has 4 heteroatoms. The summed E-state index contributed by atoms with van der Waals surface area (Å²) in [6, 6.07) is 10.5. The molecular formula is C18H28N2O2. The molecule has 2 rings (SSSR count). The number of piperidine rings is 1. The minimum absolute atomic E-state index is 0.0972. The predicted octanol–water partition coefficient (Wildman–Crippen LogP) is 1.92. The van der Waals surface area contributed by atoms with Gasteiger partial charge in [-0.1, -0.05) is 37.3 Å². The van der Waals surface area contributed by atoms with Crippen LogP contribution < -0.4 is 0 Å². The molecule has 0 radical (unpaired) electrons. The summed E-state index contributed by atoms with van der Waals surface area (Å²) < 4.78 is 0. The van der Waals surface area contributed by atoms with Gasteiger partial charge < -0.3 is 14.9 Å². The molecule has 1 aliphatic heterocycles. The van der Waals surface area contributed by atoms with Crippen LogP contribution in [0.25, 0.3) is 0 Å². The van der Waals surface area contributed by atoms with Crippen LogP contribution in [0.3, 0.4) is 0 Å². The van der Waals surface area contributed by atoms with Gasteiger partial charge in [-0.25, -0.2) is 0 Å². The van der Waals surface area contributed by atoms with Crippen LogP contribution in [0.2, 0.25) is 0 Å². The molecule has 22 heavy (non-hydrogen) atoms. The molecule has 1 aromatic rings. The summed E-state index contributed by atoms with van der Waals surface area (Å²) in [4.78, 5) is 15.7. The second-order valence-corrected chi connectivity index (χ2v) is 6.40. The lowest BCUT2D eigenvalue weighted by molar-refractivity contribution is -0.134. The number of likely N-dealkylation sites (N-methyl/N-ethyl adjacent to an activating group) is 1. The van der Waals surface area contributed by atoms with E-state index in [2.05, 4.69) is 29.2 Å². The zero-order valence-electron chi connectivity index (χ0n) is 13.8. The van der Waals surface area contributed by atoms with E-state index in [0.29, 0.717) is 13.0 Å². The largest absolute Gasteiger partial charge is 0.388 e. The summed E-state index contributed by atoms with van der Waals surface area (Å²) in [5, 5.41) is 10.7. The SMILES string of the molecule is CCC(=O)N(C)CC1(O)CCN(CCc2ccccc2)CC1. The van der Waals surface area contributed by atoms with Crippen molar-refractivity contribution in [3.05, 3.63) is 35.9 Å². The topological polar surface area (TPSA) is 43.8 Å². The molecule has 0 aliphatic carbocycles. The predicted molar refractivity (Wildman–Crippen MR) is 88.7 cm³/mol. The van der Waals surface area contributed by atoms with Gasteiger partial charge in [-0.05, 0) is 24.8 Å². The van der Waals surface area contributed by atoms with Gasteiger partial charge in [-0.3, -0.25) is 4.79 Å². The van der Waals surface area contributed by atoms with Crippen molar-refractivity contribution in [1.29, 1.82) is 0 Å². The highest BCUT2D eigenvalue weighted by Gasteiger charge is 2.33. The van der Waals surface area contributed by atoms with Crippen molar-refractivity contribution in [3.63, 3.8) is 0 Å². The number of carbonyl (C=O) groups excluding carboxylic acids is 1. The second-order valence-electron chi connectivity index (χ2n) is 6.40. The zero-order valence-corrected chi connectivity index (χ0v) is 13.8. The Kier molecular flexibility index (Phi) is 5.98. The molecule has 4 nitrogen and oxygen atoms in total. The number of amides is 1. The Morgan fingerprint density at radius 2 is 1.91 bits per heavy atom. The Labute approximate surface area is 133 Å². The zero-order chi connectivity index (χ0) is 16.0. The maximum atomic E-state index is 11.7. The maximum Gasteiger partial charge on any atom is 0.222 e. The summed E-state index contributed by atoms with van der Waals surface area (Å²) >= 11 is 0. The van der Waals surface area contributed by atoms with Crippen molar-refractivity contribution >= 4 is 5.91 Å². The number of carbonyl (C=O) groups is 1. The minimum atomic E-state index is -0.719. The lowest BCUT2D eigenvalue weighted by Crippen LogP contribution is -2.51. The molecule has 1 heterocycles. The van der Waals surface area contributed by atoms with Crippen molar-refractivity contribution in [2.75, 3.05) is 33.2 Å². The number of rotatable bonds is 6. The third-order valence-electron chi connectivity index (χ3n) is 4.61. The first-order chi connectivity index (χ1) is 10.5. The van der Waals surface area contributed by atoms with Crippen molar-refractivity contribution < 1.29 is 9.90 Å². The van der Waals surface area contributed by atoms with Crippen LogP contribution in [0.1, 0.15) is 31.7 Å². The number of nitrogens with zero attached hydrogens (tertiary/aromatic N) is 2. The molecule has 0 unspecified atom stereocenters. The monoisotopic (exact) mass is 304 g/mol. The van der Waals surface area contributed by atoms with Crippen LogP contribution in [0.5, 0.6) is 0 Å². The van der Waals surface area contributed by atoms with Crippen molar-refractivity contribution in [3.8, 4) is 0 Å². The highest BCUT2D eigenvalue weighted by molar-refractivity contribution is 5.75. The first-order valence-electron chi connectivity index (χ1n) is 8.25. The minimum Gasteiger partial charge on any atom is -0.388 e. The molecular weight excluding hydrogens is 276 g/mol. The Bertz CT molecular complexity index is 467.